The molecule has 0 atom stereocenters. The van der Waals surface area contributed by atoms with E-state index in [1.54, 1.807) is 0 Å². The predicted molar refractivity (Wildman–Crippen MR) is 89.5 cm³/mol. The van der Waals surface area contributed by atoms with Crippen LogP contribution in [0.25, 0.3) is 0 Å². The topological polar surface area (TPSA) is 86.6 Å². The van der Waals surface area contributed by atoms with Crippen molar-refractivity contribution in [2.75, 3.05) is 6.61 Å². The second-order valence-corrected chi connectivity index (χ2v) is 7.33. The molecule has 1 aromatic rings. The van der Waals surface area contributed by atoms with Crippen molar-refractivity contribution >= 4 is 11.9 Å². The van der Waals surface area contributed by atoms with Crippen molar-refractivity contribution in [3.63, 3.8) is 0 Å². The number of rotatable bonds is 5. The molecule has 2 saturated carbocycles. The molecule has 5 nitrogen and oxygen atoms in total. The van der Waals surface area contributed by atoms with E-state index >= 15 is 0 Å². The highest BCUT2D eigenvalue weighted by atomic mass is 16.4. The minimum atomic E-state index is -1.26. The molecule has 0 bridgehead atoms. The summed E-state index contributed by atoms with van der Waals surface area (Å²) >= 11 is 0. The molecule has 3 rings (SSSR count). The third-order valence-corrected chi connectivity index (χ3v) is 5.85. The first-order valence-electron chi connectivity index (χ1n) is 8.73. The average molecular weight is 331 g/mol. The normalized spacial score (nSPS) is 28.6. The summed E-state index contributed by atoms with van der Waals surface area (Å²) in [6.45, 7) is 0.0352. The Morgan fingerprint density at radius 3 is 2.25 bits per heavy atom. The van der Waals surface area contributed by atoms with Gasteiger partial charge < -0.3 is 15.5 Å². The number of nitrogens with one attached hydrogen (secondary N) is 1. The summed E-state index contributed by atoms with van der Waals surface area (Å²) in [5.41, 5.74) is -0.506. The molecular formula is C19H25NO4. The smallest absolute Gasteiger partial charge is 0.319 e. The van der Waals surface area contributed by atoms with Crippen LogP contribution in [0.5, 0.6) is 0 Å². The minimum Gasteiger partial charge on any atom is -0.480 e. The number of hydrogen-bond acceptors (Lipinski definition) is 3. The van der Waals surface area contributed by atoms with E-state index in [1.165, 1.54) is 0 Å². The van der Waals surface area contributed by atoms with E-state index in [-0.39, 0.29) is 24.0 Å². The minimum absolute atomic E-state index is 0.0352. The highest BCUT2D eigenvalue weighted by Crippen LogP contribution is 2.44. The lowest BCUT2D eigenvalue weighted by Gasteiger charge is -2.48. The van der Waals surface area contributed by atoms with Crippen molar-refractivity contribution in [1.82, 2.24) is 5.32 Å². The summed E-state index contributed by atoms with van der Waals surface area (Å²) in [5.74, 6) is -1.35. The molecule has 24 heavy (non-hydrogen) atoms. The molecule has 0 spiro atoms. The quantitative estimate of drug-likeness (QED) is 0.722. The fraction of sp³-hybridized carbons (Fsp3) is 0.579. The number of aliphatic hydroxyl groups excluding tert-OH is 1. The van der Waals surface area contributed by atoms with Crippen LogP contribution in [0.4, 0.5) is 0 Å². The number of hydrogen-bond donors (Lipinski definition) is 3. The highest BCUT2D eigenvalue weighted by Gasteiger charge is 2.51. The van der Waals surface area contributed by atoms with Crippen LogP contribution in [-0.2, 0) is 15.0 Å². The first kappa shape index (κ1) is 17.0. The fourth-order valence-corrected chi connectivity index (χ4v) is 4.25. The number of carboxylic acids is 1. The second kappa shape index (κ2) is 6.55. The number of aliphatic carboxylic acids is 1. The van der Waals surface area contributed by atoms with E-state index in [0.717, 1.165) is 24.8 Å². The Morgan fingerprint density at radius 2 is 1.71 bits per heavy atom. The van der Waals surface area contributed by atoms with Crippen LogP contribution in [0.2, 0.25) is 0 Å². The van der Waals surface area contributed by atoms with Gasteiger partial charge in [0.05, 0.1) is 6.61 Å². The Labute approximate surface area is 142 Å². The number of benzene rings is 1. The van der Waals surface area contributed by atoms with Crippen LogP contribution in [-0.4, -0.2) is 34.7 Å². The lowest BCUT2D eigenvalue weighted by molar-refractivity contribution is -0.159. The van der Waals surface area contributed by atoms with E-state index in [2.05, 4.69) is 5.32 Å². The summed E-state index contributed by atoms with van der Waals surface area (Å²) in [4.78, 5) is 24.4. The maximum atomic E-state index is 12.6. The van der Waals surface area contributed by atoms with Gasteiger partial charge in [-0.25, -0.2) is 0 Å². The number of aliphatic hydroxyl groups is 1. The van der Waals surface area contributed by atoms with Gasteiger partial charge in [-0.1, -0.05) is 49.6 Å². The molecule has 130 valence electrons. The highest BCUT2D eigenvalue weighted by molar-refractivity contribution is 6.02. The Kier molecular flexibility index (Phi) is 4.63. The van der Waals surface area contributed by atoms with Crippen LogP contribution in [0.1, 0.15) is 50.5 Å². The van der Waals surface area contributed by atoms with Crippen LogP contribution >= 0.6 is 0 Å². The van der Waals surface area contributed by atoms with Crippen LogP contribution in [0.15, 0.2) is 30.3 Å². The number of carbonyl (C=O) groups is 2. The third kappa shape index (κ3) is 2.81. The largest absolute Gasteiger partial charge is 0.480 e. The lowest BCUT2D eigenvalue weighted by atomic mass is 9.61. The van der Waals surface area contributed by atoms with Crippen molar-refractivity contribution in [2.45, 2.75) is 56.4 Å². The molecule has 3 N–H and O–H groups in total. The molecule has 0 saturated heterocycles. The first-order valence-corrected chi connectivity index (χ1v) is 8.73. The zero-order valence-electron chi connectivity index (χ0n) is 13.8. The first-order chi connectivity index (χ1) is 11.5. The van der Waals surface area contributed by atoms with Gasteiger partial charge in [-0.3, -0.25) is 9.59 Å². The van der Waals surface area contributed by atoms with E-state index in [9.17, 15) is 19.8 Å². The maximum absolute atomic E-state index is 12.6. The molecule has 0 radical (unpaired) electrons. The van der Waals surface area contributed by atoms with Crippen molar-refractivity contribution in [2.24, 2.45) is 5.41 Å². The molecule has 2 fully saturated rings. The van der Waals surface area contributed by atoms with Gasteiger partial charge in [-0.05, 0) is 31.2 Å². The zero-order chi connectivity index (χ0) is 17.2. The third-order valence-electron chi connectivity index (χ3n) is 5.85. The van der Waals surface area contributed by atoms with Gasteiger partial charge in [0.25, 0.3) is 0 Å². The van der Waals surface area contributed by atoms with Gasteiger partial charge in [0, 0.05) is 11.5 Å². The predicted octanol–water partition coefficient (Wildman–Crippen LogP) is 2.23. The van der Waals surface area contributed by atoms with Gasteiger partial charge in [0.2, 0.25) is 5.91 Å². The molecule has 0 unspecified atom stereocenters. The fourth-order valence-electron chi connectivity index (χ4n) is 4.25. The Balaban J connectivity index is 1.66. The van der Waals surface area contributed by atoms with Gasteiger partial charge in [-0.2, -0.15) is 0 Å². The van der Waals surface area contributed by atoms with Crippen LogP contribution < -0.4 is 5.32 Å². The molecule has 0 aromatic heterocycles. The van der Waals surface area contributed by atoms with E-state index < -0.39 is 11.4 Å². The Morgan fingerprint density at radius 1 is 1.08 bits per heavy atom. The standard InChI is InChI=1S/C19H25NO4/c21-13-18(14-7-3-1-4-8-14)11-15(12-18)20-16(22)19(17(23)24)9-5-2-6-10-19/h1,3-4,7-8,15,21H,2,5-6,9-13H2,(H,20,22)(H,23,24). The molecule has 2 aliphatic carbocycles. The monoisotopic (exact) mass is 331 g/mol. The summed E-state index contributed by atoms with van der Waals surface area (Å²) in [6, 6.07) is 9.75. The molecule has 0 heterocycles. The Bertz CT molecular complexity index is 601. The molecule has 5 heteroatoms. The maximum Gasteiger partial charge on any atom is 0.319 e. The van der Waals surface area contributed by atoms with Gasteiger partial charge >= 0.3 is 5.97 Å². The van der Waals surface area contributed by atoms with E-state index in [1.807, 2.05) is 30.3 Å². The number of carbonyl (C=O) groups excluding carboxylic acids is 1. The van der Waals surface area contributed by atoms with E-state index in [0.29, 0.717) is 25.7 Å². The SMILES string of the molecule is O=C(O)C1(C(=O)NC2CC(CO)(c3ccccc3)C2)CCCCC1. The molecule has 2 aliphatic rings. The van der Waals surface area contributed by atoms with Crippen LogP contribution in [0.3, 0.4) is 0 Å². The van der Waals surface area contributed by atoms with Gasteiger partial charge in [0.15, 0.2) is 0 Å². The zero-order valence-corrected chi connectivity index (χ0v) is 13.8. The number of amides is 1. The lowest BCUT2D eigenvalue weighted by Crippen LogP contribution is -2.59. The van der Waals surface area contributed by atoms with Crippen LogP contribution in [0, 0.1) is 5.41 Å². The molecular weight excluding hydrogens is 306 g/mol. The summed E-state index contributed by atoms with van der Waals surface area (Å²) in [6.07, 6.45) is 4.71. The van der Waals surface area contributed by atoms with E-state index in [4.69, 9.17) is 0 Å². The van der Waals surface area contributed by atoms with Crippen molar-refractivity contribution < 1.29 is 19.8 Å². The van der Waals surface area contributed by atoms with Gasteiger partial charge in [0.1, 0.15) is 5.41 Å². The summed E-state index contributed by atoms with van der Waals surface area (Å²) in [5, 5.41) is 22.3. The van der Waals surface area contributed by atoms with Crippen molar-refractivity contribution in [3.05, 3.63) is 35.9 Å². The van der Waals surface area contributed by atoms with Gasteiger partial charge in [-0.15, -0.1) is 0 Å². The summed E-state index contributed by atoms with van der Waals surface area (Å²) in [7, 11) is 0. The average Bonchev–Trinajstić information content (AvgIpc) is 2.58. The molecule has 1 aromatic carbocycles. The molecule has 1 amide bonds. The second-order valence-electron chi connectivity index (χ2n) is 7.33. The summed E-state index contributed by atoms with van der Waals surface area (Å²) < 4.78 is 0. The molecule has 0 aliphatic heterocycles. The van der Waals surface area contributed by atoms with Crippen molar-refractivity contribution in [3.8, 4) is 0 Å². The number of carboxylic acid groups (broad SMARTS) is 1. The van der Waals surface area contributed by atoms with Crippen molar-refractivity contribution in [1.29, 1.82) is 0 Å². The Hall–Kier alpha value is -1.88.